The maximum Gasteiger partial charge on any atom is 0.191 e. The first-order valence-corrected chi connectivity index (χ1v) is 10.4. The molecule has 0 aliphatic carbocycles. The molecule has 2 N–H and O–H groups in total. The van der Waals surface area contributed by atoms with Gasteiger partial charge in [0.2, 0.25) is 0 Å². The lowest BCUT2D eigenvalue weighted by Crippen LogP contribution is -2.49. The quantitative estimate of drug-likeness (QED) is 0.320. The second kappa shape index (κ2) is 11.9. The number of hydrogen-bond acceptors (Lipinski definition) is 4. The smallest absolute Gasteiger partial charge is 0.191 e. The zero-order valence-electron chi connectivity index (χ0n) is 18.3. The first-order valence-electron chi connectivity index (χ1n) is 10.4. The lowest BCUT2D eigenvalue weighted by atomic mass is 10.1. The molecule has 8 heteroatoms. The minimum Gasteiger partial charge on any atom is -0.459 e. The second-order valence-electron chi connectivity index (χ2n) is 7.90. The average molecular weight is 532 g/mol. The number of aliphatic imine (C=N–C) groups is 1. The van der Waals surface area contributed by atoms with Gasteiger partial charge in [0.15, 0.2) is 5.96 Å². The number of ether oxygens (including phenoxy) is 1. The Morgan fingerprint density at radius 2 is 2.07 bits per heavy atom. The topological polar surface area (TPSA) is 62.0 Å². The predicted molar refractivity (Wildman–Crippen MR) is 130 cm³/mol. The lowest BCUT2D eigenvalue weighted by molar-refractivity contribution is 0.0532. The van der Waals surface area contributed by atoms with E-state index in [1.807, 2.05) is 6.92 Å². The number of furan rings is 1. The van der Waals surface area contributed by atoms with Gasteiger partial charge in [-0.1, -0.05) is 0 Å². The van der Waals surface area contributed by atoms with Crippen LogP contribution < -0.4 is 10.6 Å². The van der Waals surface area contributed by atoms with E-state index in [4.69, 9.17) is 9.15 Å². The van der Waals surface area contributed by atoms with Crippen molar-refractivity contribution in [2.75, 3.05) is 33.3 Å². The van der Waals surface area contributed by atoms with Crippen molar-refractivity contribution >= 4 is 40.9 Å². The monoisotopic (exact) mass is 532 g/mol. The highest BCUT2D eigenvalue weighted by Crippen LogP contribution is 2.25. The highest BCUT2D eigenvalue weighted by atomic mass is 127. The normalized spacial score (nSPS) is 16.1. The molecule has 0 saturated carbocycles. The van der Waals surface area contributed by atoms with Crippen molar-refractivity contribution in [2.24, 2.45) is 4.99 Å². The standard InChI is InChI=1S/C22H33FN4O2.HI/c1-15(2)28-12-11-27-9-7-18(8-10-27)26-22(24-4)25-14-21-16(3)19-13-17(23)5-6-20(19)29-21;/h5-6,13,15,18H,7-12,14H2,1-4H3,(H2,24,25,26);1H. The Kier molecular flexibility index (Phi) is 9.83. The molecular weight excluding hydrogens is 498 g/mol. The Labute approximate surface area is 195 Å². The fraction of sp³-hybridized carbons (Fsp3) is 0.591. The zero-order chi connectivity index (χ0) is 20.8. The van der Waals surface area contributed by atoms with Gasteiger partial charge in [-0.25, -0.2) is 4.39 Å². The van der Waals surface area contributed by atoms with Crippen molar-refractivity contribution in [3.63, 3.8) is 0 Å². The van der Waals surface area contributed by atoms with Gasteiger partial charge in [0.25, 0.3) is 0 Å². The Morgan fingerprint density at radius 3 is 2.73 bits per heavy atom. The molecule has 0 amide bonds. The Hall–Kier alpha value is -1.39. The molecule has 1 aliphatic rings. The number of halogens is 2. The highest BCUT2D eigenvalue weighted by molar-refractivity contribution is 14.0. The first kappa shape index (κ1) is 24.9. The van der Waals surface area contributed by atoms with Crippen molar-refractivity contribution in [3.8, 4) is 0 Å². The van der Waals surface area contributed by atoms with Crippen LogP contribution >= 0.6 is 24.0 Å². The summed E-state index contributed by atoms with van der Waals surface area (Å²) in [6, 6.07) is 5.01. The summed E-state index contributed by atoms with van der Waals surface area (Å²) in [4.78, 5) is 6.79. The third kappa shape index (κ3) is 6.81. The van der Waals surface area contributed by atoms with E-state index in [1.54, 1.807) is 13.1 Å². The summed E-state index contributed by atoms with van der Waals surface area (Å²) >= 11 is 0. The number of nitrogens with zero attached hydrogens (tertiary/aromatic N) is 2. The molecule has 1 aromatic carbocycles. The number of hydrogen-bond donors (Lipinski definition) is 2. The Bertz CT molecular complexity index is 832. The number of fused-ring (bicyclic) bond motifs is 1. The van der Waals surface area contributed by atoms with Crippen molar-refractivity contribution in [1.29, 1.82) is 0 Å². The van der Waals surface area contributed by atoms with E-state index in [1.165, 1.54) is 12.1 Å². The maximum absolute atomic E-state index is 13.5. The molecule has 1 fully saturated rings. The van der Waals surface area contributed by atoms with Crippen LogP contribution in [0.2, 0.25) is 0 Å². The van der Waals surface area contributed by atoms with Crippen LogP contribution in [0.1, 0.15) is 38.0 Å². The van der Waals surface area contributed by atoms with Crippen LogP contribution in [0.15, 0.2) is 27.6 Å². The molecule has 3 rings (SSSR count). The van der Waals surface area contributed by atoms with Crippen LogP contribution in [0.5, 0.6) is 0 Å². The molecule has 2 aromatic rings. The number of rotatable bonds is 7. The maximum atomic E-state index is 13.5. The van der Waals surface area contributed by atoms with Crippen LogP contribution in [0.4, 0.5) is 4.39 Å². The molecule has 30 heavy (non-hydrogen) atoms. The van der Waals surface area contributed by atoms with E-state index < -0.39 is 0 Å². The summed E-state index contributed by atoms with van der Waals surface area (Å²) in [5, 5.41) is 7.66. The van der Waals surface area contributed by atoms with Crippen LogP contribution in [-0.2, 0) is 11.3 Å². The van der Waals surface area contributed by atoms with Gasteiger partial charge in [-0.05, 0) is 51.8 Å². The van der Waals surface area contributed by atoms with E-state index in [9.17, 15) is 4.39 Å². The average Bonchev–Trinajstić information content (AvgIpc) is 3.01. The van der Waals surface area contributed by atoms with Crippen LogP contribution in [0.25, 0.3) is 11.0 Å². The molecule has 1 aliphatic heterocycles. The molecule has 1 saturated heterocycles. The number of nitrogens with one attached hydrogen (secondary N) is 2. The van der Waals surface area contributed by atoms with Gasteiger partial charge < -0.3 is 24.7 Å². The molecule has 0 atom stereocenters. The van der Waals surface area contributed by atoms with Crippen molar-refractivity contribution < 1.29 is 13.5 Å². The van der Waals surface area contributed by atoms with Crippen molar-refractivity contribution in [2.45, 2.75) is 52.3 Å². The van der Waals surface area contributed by atoms with Crippen LogP contribution in [0, 0.1) is 12.7 Å². The van der Waals surface area contributed by atoms with Gasteiger partial charge in [-0.3, -0.25) is 4.99 Å². The summed E-state index contributed by atoms with van der Waals surface area (Å²) in [5.74, 6) is 1.31. The van der Waals surface area contributed by atoms with Crippen molar-refractivity contribution in [1.82, 2.24) is 15.5 Å². The molecule has 168 valence electrons. The molecule has 0 spiro atoms. The minimum atomic E-state index is -0.250. The summed E-state index contributed by atoms with van der Waals surface area (Å²) in [6.07, 6.45) is 2.44. The third-order valence-electron chi connectivity index (χ3n) is 5.42. The Balaban J connectivity index is 0.00000320. The lowest BCUT2D eigenvalue weighted by Gasteiger charge is -2.33. The van der Waals surface area contributed by atoms with Gasteiger partial charge in [0, 0.05) is 43.7 Å². The van der Waals surface area contributed by atoms with Gasteiger partial charge in [-0.2, -0.15) is 0 Å². The first-order chi connectivity index (χ1) is 14.0. The largest absolute Gasteiger partial charge is 0.459 e. The van der Waals surface area contributed by atoms with E-state index in [2.05, 4.69) is 34.4 Å². The number of likely N-dealkylation sites (tertiary alicyclic amines) is 1. The molecule has 0 radical (unpaired) electrons. The summed E-state index contributed by atoms with van der Waals surface area (Å²) in [5.41, 5.74) is 1.66. The van der Waals surface area contributed by atoms with Crippen LogP contribution in [0.3, 0.4) is 0 Å². The van der Waals surface area contributed by atoms with Crippen LogP contribution in [-0.4, -0.2) is 56.3 Å². The van der Waals surface area contributed by atoms with Gasteiger partial charge in [-0.15, -0.1) is 24.0 Å². The molecule has 6 nitrogen and oxygen atoms in total. The van der Waals surface area contributed by atoms with E-state index >= 15 is 0 Å². The summed E-state index contributed by atoms with van der Waals surface area (Å²) in [7, 11) is 1.77. The van der Waals surface area contributed by atoms with Gasteiger partial charge >= 0.3 is 0 Å². The fourth-order valence-electron chi connectivity index (χ4n) is 3.68. The molecule has 0 bridgehead atoms. The van der Waals surface area contributed by atoms with E-state index in [0.29, 0.717) is 18.2 Å². The van der Waals surface area contributed by atoms with Gasteiger partial charge in [0.1, 0.15) is 17.2 Å². The zero-order valence-corrected chi connectivity index (χ0v) is 20.7. The fourth-order valence-corrected chi connectivity index (χ4v) is 3.68. The highest BCUT2D eigenvalue weighted by Gasteiger charge is 2.20. The van der Waals surface area contributed by atoms with E-state index in [-0.39, 0.29) is 35.9 Å². The molecule has 1 aromatic heterocycles. The summed E-state index contributed by atoms with van der Waals surface area (Å²) in [6.45, 7) is 10.5. The molecular formula is C22H34FIN4O2. The Morgan fingerprint density at radius 1 is 1.33 bits per heavy atom. The number of piperidine rings is 1. The SMILES string of the molecule is CN=C(NCc1oc2ccc(F)cc2c1C)NC1CCN(CCOC(C)C)CC1.I. The number of benzene rings is 1. The minimum absolute atomic E-state index is 0. The van der Waals surface area contributed by atoms with Gasteiger partial charge in [0.05, 0.1) is 19.3 Å². The molecule has 0 unspecified atom stereocenters. The molecule has 2 heterocycles. The number of aryl methyl sites for hydroxylation is 1. The second-order valence-corrected chi connectivity index (χ2v) is 7.90. The number of guanidine groups is 1. The third-order valence-corrected chi connectivity index (χ3v) is 5.42. The predicted octanol–water partition coefficient (Wildman–Crippen LogP) is 4.05. The summed E-state index contributed by atoms with van der Waals surface area (Å²) < 4.78 is 25.0. The van der Waals surface area contributed by atoms with E-state index in [0.717, 1.165) is 61.8 Å². The van der Waals surface area contributed by atoms with Crippen molar-refractivity contribution in [3.05, 3.63) is 35.3 Å².